The van der Waals surface area contributed by atoms with Crippen molar-refractivity contribution >= 4 is 5.83 Å². The summed E-state index contributed by atoms with van der Waals surface area (Å²) >= 11 is 0. The number of rotatable bonds is 5. The maximum atomic E-state index is 13.7. The van der Waals surface area contributed by atoms with Gasteiger partial charge >= 0.3 is 6.18 Å². The second-order valence-corrected chi connectivity index (χ2v) is 8.84. The molecule has 0 aromatic heterocycles. The zero-order valence-corrected chi connectivity index (χ0v) is 16.8. The smallest absolute Gasteiger partial charge is 0.206 e. The first kappa shape index (κ1) is 21.4. The van der Waals surface area contributed by atoms with Crippen LogP contribution in [0.2, 0.25) is 0 Å². The molecule has 3 rings (SSSR count). The van der Waals surface area contributed by atoms with E-state index in [9.17, 15) is 17.6 Å². The van der Waals surface area contributed by atoms with Crippen molar-refractivity contribution in [1.82, 2.24) is 0 Å². The summed E-state index contributed by atoms with van der Waals surface area (Å²) in [4.78, 5) is 0. The number of hydrogen-bond donors (Lipinski definition) is 0. The van der Waals surface area contributed by atoms with Crippen molar-refractivity contribution in [3.8, 4) is 0 Å². The van der Waals surface area contributed by atoms with E-state index in [0.717, 1.165) is 36.2 Å². The number of halogens is 4. The molecule has 0 unspecified atom stereocenters. The van der Waals surface area contributed by atoms with Gasteiger partial charge in [-0.2, -0.15) is 13.2 Å². The van der Waals surface area contributed by atoms with Crippen LogP contribution in [0.5, 0.6) is 0 Å². The van der Waals surface area contributed by atoms with E-state index >= 15 is 0 Å². The van der Waals surface area contributed by atoms with Gasteiger partial charge in [0.2, 0.25) is 0 Å². The van der Waals surface area contributed by atoms with Crippen LogP contribution in [0.3, 0.4) is 0 Å². The Bertz CT molecular complexity index is 628. The summed E-state index contributed by atoms with van der Waals surface area (Å²) in [7, 11) is 0. The fourth-order valence-electron chi connectivity index (χ4n) is 5.42. The molecule has 0 heterocycles. The lowest BCUT2D eigenvalue weighted by atomic mass is 9.68. The van der Waals surface area contributed by atoms with Crippen LogP contribution in [0.25, 0.3) is 5.83 Å². The Balaban J connectivity index is 1.51. The standard InChI is InChI=1S/C24H32F4/c1-2-3-17-4-6-18(7-5-17)19-8-10-20(11-9-19)21-12-14-22(15-13-21)23(25)16-24(26,27)28/h12-20H,2-11H2,1H3. The summed E-state index contributed by atoms with van der Waals surface area (Å²) in [6.07, 6.45) is 8.13. The lowest BCUT2D eigenvalue weighted by Gasteiger charge is -2.38. The van der Waals surface area contributed by atoms with E-state index in [4.69, 9.17) is 0 Å². The minimum Gasteiger partial charge on any atom is -0.206 e. The highest BCUT2D eigenvalue weighted by Gasteiger charge is 2.31. The van der Waals surface area contributed by atoms with Gasteiger partial charge in [-0.15, -0.1) is 0 Å². The van der Waals surface area contributed by atoms with Crippen LogP contribution in [0.1, 0.15) is 88.2 Å². The van der Waals surface area contributed by atoms with Gasteiger partial charge in [0.15, 0.2) is 0 Å². The minimum atomic E-state index is -4.63. The van der Waals surface area contributed by atoms with Crippen molar-refractivity contribution in [2.75, 3.05) is 0 Å². The zero-order chi connectivity index (χ0) is 20.1. The van der Waals surface area contributed by atoms with Gasteiger partial charge in [-0.3, -0.25) is 0 Å². The fraction of sp³-hybridized carbons (Fsp3) is 0.667. The predicted molar refractivity (Wildman–Crippen MR) is 107 cm³/mol. The van der Waals surface area contributed by atoms with Gasteiger partial charge in [-0.25, -0.2) is 4.39 Å². The quantitative estimate of drug-likeness (QED) is 0.438. The molecule has 2 saturated carbocycles. The predicted octanol–water partition coefficient (Wildman–Crippen LogP) is 8.44. The van der Waals surface area contributed by atoms with Crippen molar-refractivity contribution in [1.29, 1.82) is 0 Å². The summed E-state index contributed by atoms with van der Waals surface area (Å²) in [5, 5.41) is 0. The Morgan fingerprint density at radius 2 is 1.43 bits per heavy atom. The molecule has 0 spiro atoms. The third kappa shape index (κ3) is 5.84. The van der Waals surface area contributed by atoms with E-state index < -0.39 is 12.0 Å². The maximum absolute atomic E-state index is 13.7. The van der Waals surface area contributed by atoms with Gasteiger partial charge in [-0.05, 0) is 67.8 Å². The van der Waals surface area contributed by atoms with Crippen molar-refractivity contribution in [3.63, 3.8) is 0 Å². The SMILES string of the molecule is CCCC1CCC(C2CCC(c3ccc(C(F)=CC(F)(F)F)cc3)CC2)CC1. The van der Waals surface area contributed by atoms with Gasteiger partial charge in [0.25, 0.3) is 0 Å². The number of hydrogen-bond acceptors (Lipinski definition) is 0. The summed E-state index contributed by atoms with van der Waals surface area (Å²) in [6, 6.07) is 6.57. The number of alkyl halides is 3. The van der Waals surface area contributed by atoms with Gasteiger partial charge in [0.1, 0.15) is 5.83 Å². The van der Waals surface area contributed by atoms with Gasteiger partial charge < -0.3 is 0 Å². The van der Waals surface area contributed by atoms with E-state index in [1.54, 1.807) is 12.1 Å². The largest absolute Gasteiger partial charge is 0.412 e. The molecule has 0 amide bonds. The molecule has 4 heteroatoms. The number of allylic oxidation sites excluding steroid dienone is 1. The Labute approximate surface area is 166 Å². The lowest BCUT2D eigenvalue weighted by Crippen LogP contribution is -2.25. The summed E-state index contributed by atoms with van der Waals surface area (Å²) in [5.41, 5.74) is 1.13. The molecule has 1 aromatic carbocycles. The van der Waals surface area contributed by atoms with E-state index in [2.05, 4.69) is 6.92 Å². The normalized spacial score (nSPS) is 29.7. The Morgan fingerprint density at radius 1 is 0.893 bits per heavy atom. The topological polar surface area (TPSA) is 0 Å². The van der Waals surface area contributed by atoms with Crippen molar-refractivity contribution in [3.05, 3.63) is 41.5 Å². The van der Waals surface area contributed by atoms with Crippen LogP contribution in [0.15, 0.2) is 30.3 Å². The first-order chi connectivity index (χ1) is 13.4. The lowest BCUT2D eigenvalue weighted by molar-refractivity contribution is -0.0798. The third-order valence-corrected chi connectivity index (χ3v) is 6.98. The van der Waals surface area contributed by atoms with E-state index in [1.807, 2.05) is 0 Å². The first-order valence-electron chi connectivity index (χ1n) is 10.9. The molecule has 2 aliphatic rings. The average molecular weight is 397 g/mol. The van der Waals surface area contributed by atoms with Crippen molar-refractivity contribution in [2.45, 2.75) is 83.2 Å². The minimum absolute atomic E-state index is 0.00130. The van der Waals surface area contributed by atoms with Crippen molar-refractivity contribution < 1.29 is 17.6 Å². The molecular weight excluding hydrogens is 364 g/mol. The molecule has 28 heavy (non-hydrogen) atoms. The molecular formula is C24H32F4. The molecule has 0 N–H and O–H groups in total. The second kappa shape index (κ2) is 9.45. The van der Waals surface area contributed by atoms with Crippen LogP contribution in [0, 0.1) is 17.8 Å². The van der Waals surface area contributed by atoms with E-state index in [1.165, 1.54) is 63.5 Å². The van der Waals surface area contributed by atoms with Crippen LogP contribution < -0.4 is 0 Å². The second-order valence-electron chi connectivity index (χ2n) is 8.84. The molecule has 2 aliphatic carbocycles. The monoisotopic (exact) mass is 396 g/mol. The van der Waals surface area contributed by atoms with Crippen LogP contribution in [-0.2, 0) is 0 Å². The molecule has 0 atom stereocenters. The Hall–Kier alpha value is -1.32. The van der Waals surface area contributed by atoms with Gasteiger partial charge in [0.05, 0.1) is 6.08 Å². The molecule has 156 valence electrons. The van der Waals surface area contributed by atoms with Crippen LogP contribution >= 0.6 is 0 Å². The molecule has 0 aliphatic heterocycles. The number of benzene rings is 1. The van der Waals surface area contributed by atoms with E-state index in [0.29, 0.717) is 5.92 Å². The Morgan fingerprint density at radius 3 is 1.93 bits per heavy atom. The first-order valence-corrected chi connectivity index (χ1v) is 10.9. The highest BCUT2D eigenvalue weighted by atomic mass is 19.4. The van der Waals surface area contributed by atoms with Crippen LogP contribution in [0.4, 0.5) is 17.6 Å². The zero-order valence-electron chi connectivity index (χ0n) is 16.8. The maximum Gasteiger partial charge on any atom is 0.412 e. The average Bonchev–Trinajstić information content (AvgIpc) is 2.68. The molecule has 1 aromatic rings. The summed E-state index contributed by atoms with van der Waals surface area (Å²) in [6.45, 7) is 2.28. The van der Waals surface area contributed by atoms with Gasteiger partial charge in [0, 0.05) is 5.56 Å². The molecule has 2 fully saturated rings. The molecule has 0 nitrogen and oxygen atoms in total. The van der Waals surface area contributed by atoms with Crippen LogP contribution in [-0.4, -0.2) is 6.18 Å². The highest BCUT2D eigenvalue weighted by Crippen LogP contribution is 2.44. The van der Waals surface area contributed by atoms with Crippen molar-refractivity contribution in [2.24, 2.45) is 17.8 Å². The molecule has 0 saturated heterocycles. The van der Waals surface area contributed by atoms with E-state index in [-0.39, 0.29) is 11.6 Å². The molecule has 0 radical (unpaired) electrons. The summed E-state index contributed by atoms with van der Waals surface area (Å²) in [5.74, 6) is 1.91. The third-order valence-electron chi connectivity index (χ3n) is 6.98. The van der Waals surface area contributed by atoms with Gasteiger partial charge in [-0.1, -0.05) is 56.9 Å². The fourth-order valence-corrected chi connectivity index (χ4v) is 5.42. The highest BCUT2D eigenvalue weighted by molar-refractivity contribution is 5.59. The Kier molecular flexibility index (Phi) is 7.22. The molecule has 0 bridgehead atoms. The summed E-state index contributed by atoms with van der Waals surface area (Å²) < 4.78 is 50.6.